The van der Waals surface area contributed by atoms with Gasteiger partial charge in [0.25, 0.3) is 5.91 Å². The quantitative estimate of drug-likeness (QED) is 0.616. The number of benzene rings is 1. The summed E-state index contributed by atoms with van der Waals surface area (Å²) in [6, 6.07) is 5.44. The van der Waals surface area contributed by atoms with Crippen LogP contribution in [0.1, 0.15) is 32.3 Å². The highest BCUT2D eigenvalue weighted by Gasteiger charge is 2.51. The van der Waals surface area contributed by atoms with Crippen molar-refractivity contribution in [3.63, 3.8) is 0 Å². The molecule has 1 saturated heterocycles. The van der Waals surface area contributed by atoms with Crippen molar-refractivity contribution in [1.29, 1.82) is 0 Å². The third-order valence-electron chi connectivity index (χ3n) is 4.38. The Morgan fingerprint density at radius 1 is 1.19 bits per heavy atom. The van der Waals surface area contributed by atoms with Crippen LogP contribution in [0.4, 0.5) is 9.59 Å². The molecule has 0 unspecified atom stereocenters. The number of hydrogen-bond donors (Lipinski definition) is 3. The van der Waals surface area contributed by atoms with Crippen molar-refractivity contribution in [2.45, 2.75) is 32.2 Å². The van der Waals surface area contributed by atoms with Crippen molar-refractivity contribution >= 4 is 23.9 Å². The maximum Gasteiger partial charge on any atom is 0.325 e. The molecule has 1 heterocycles. The second kappa shape index (κ2) is 8.52. The van der Waals surface area contributed by atoms with Gasteiger partial charge in [-0.1, -0.05) is 26.0 Å². The molecule has 1 aliphatic heterocycles. The summed E-state index contributed by atoms with van der Waals surface area (Å²) in [5.41, 5.74) is -0.665. The van der Waals surface area contributed by atoms with Crippen LogP contribution in [-0.2, 0) is 15.1 Å². The van der Waals surface area contributed by atoms with Gasteiger partial charge in [0.15, 0.2) is 0 Å². The van der Waals surface area contributed by atoms with Crippen molar-refractivity contribution < 1.29 is 23.9 Å². The largest absolute Gasteiger partial charge is 0.497 e. The van der Waals surface area contributed by atoms with Gasteiger partial charge in [-0.15, -0.1) is 0 Å². The molecule has 9 heteroatoms. The van der Waals surface area contributed by atoms with Gasteiger partial charge < -0.3 is 15.4 Å². The fourth-order valence-corrected chi connectivity index (χ4v) is 2.88. The summed E-state index contributed by atoms with van der Waals surface area (Å²) in [7, 11) is 1.53. The van der Waals surface area contributed by atoms with E-state index < -0.39 is 36.0 Å². The van der Waals surface area contributed by atoms with Crippen LogP contribution in [0.3, 0.4) is 0 Å². The molecule has 1 aromatic carbocycles. The maximum absolute atomic E-state index is 12.9. The molecule has 9 nitrogen and oxygen atoms in total. The Hall–Kier alpha value is -3.10. The van der Waals surface area contributed by atoms with Crippen molar-refractivity contribution in [2.24, 2.45) is 0 Å². The summed E-state index contributed by atoms with van der Waals surface area (Å²) in [6.07, 6.45) is 1.02. The molecule has 2 rings (SSSR count). The summed E-state index contributed by atoms with van der Waals surface area (Å²) in [5, 5.41) is 7.27. The van der Waals surface area contributed by atoms with Gasteiger partial charge in [0, 0.05) is 6.54 Å². The smallest absolute Gasteiger partial charge is 0.325 e. The van der Waals surface area contributed by atoms with Crippen LogP contribution in [0, 0.1) is 0 Å². The van der Waals surface area contributed by atoms with Gasteiger partial charge in [-0.2, -0.15) is 0 Å². The number of nitrogens with one attached hydrogen (secondary N) is 3. The molecule has 0 spiro atoms. The molecule has 0 radical (unpaired) electrons. The summed E-state index contributed by atoms with van der Waals surface area (Å²) in [6.45, 7) is 3.52. The molecule has 0 aromatic heterocycles. The summed E-state index contributed by atoms with van der Waals surface area (Å²) in [5.74, 6) is -0.658. The molecule has 1 aromatic rings. The Kier molecular flexibility index (Phi) is 6.38. The van der Waals surface area contributed by atoms with E-state index in [1.165, 1.54) is 7.11 Å². The topological polar surface area (TPSA) is 117 Å². The van der Waals surface area contributed by atoms with E-state index in [4.69, 9.17) is 4.74 Å². The van der Waals surface area contributed by atoms with E-state index >= 15 is 0 Å². The van der Waals surface area contributed by atoms with Gasteiger partial charge in [0.1, 0.15) is 17.8 Å². The first-order valence-corrected chi connectivity index (χ1v) is 8.74. The molecular formula is C18H24N4O5. The zero-order chi connectivity index (χ0) is 20.0. The number of rotatable bonds is 7. The molecule has 6 amide bonds. The Morgan fingerprint density at radius 2 is 1.85 bits per heavy atom. The number of hydrogen-bond acceptors (Lipinski definition) is 5. The molecule has 1 aliphatic rings. The van der Waals surface area contributed by atoms with Crippen LogP contribution in [-0.4, -0.2) is 49.0 Å². The van der Waals surface area contributed by atoms with Gasteiger partial charge in [-0.25, -0.2) is 9.59 Å². The van der Waals surface area contributed by atoms with Crippen LogP contribution in [0.5, 0.6) is 5.75 Å². The normalized spacial score (nSPS) is 18.9. The average Bonchev–Trinajstić information content (AvgIpc) is 2.91. The van der Waals surface area contributed by atoms with Crippen LogP contribution >= 0.6 is 0 Å². The van der Waals surface area contributed by atoms with Crippen LogP contribution in [0.15, 0.2) is 24.3 Å². The maximum atomic E-state index is 12.9. The fourth-order valence-electron chi connectivity index (χ4n) is 2.88. The van der Waals surface area contributed by atoms with E-state index in [0.29, 0.717) is 24.3 Å². The van der Waals surface area contributed by atoms with E-state index in [1.54, 1.807) is 31.2 Å². The molecule has 0 bridgehead atoms. The number of amides is 6. The predicted octanol–water partition coefficient (Wildman–Crippen LogP) is 1.09. The first kappa shape index (κ1) is 20.2. The minimum atomic E-state index is -1.26. The number of methoxy groups -OCH3 is 1. The van der Waals surface area contributed by atoms with E-state index in [0.717, 1.165) is 11.3 Å². The zero-order valence-electron chi connectivity index (χ0n) is 15.6. The summed E-state index contributed by atoms with van der Waals surface area (Å²) in [4.78, 5) is 49.7. The number of carbonyl (C=O) groups excluding carboxylic acids is 4. The van der Waals surface area contributed by atoms with Gasteiger partial charge in [0.2, 0.25) is 5.91 Å². The second-order valence-electron chi connectivity index (χ2n) is 6.11. The van der Waals surface area contributed by atoms with Crippen LogP contribution in [0.25, 0.3) is 0 Å². The number of imide groups is 2. The minimum Gasteiger partial charge on any atom is -0.497 e. The minimum absolute atomic E-state index is 0.305. The lowest BCUT2D eigenvalue weighted by Gasteiger charge is -2.25. The molecule has 1 atom stereocenters. The summed E-state index contributed by atoms with van der Waals surface area (Å²) < 4.78 is 5.11. The fraction of sp³-hybridized carbons (Fsp3) is 0.444. The monoisotopic (exact) mass is 376 g/mol. The van der Waals surface area contributed by atoms with Crippen molar-refractivity contribution in [1.82, 2.24) is 20.9 Å². The third kappa shape index (κ3) is 4.18. The first-order valence-electron chi connectivity index (χ1n) is 8.74. The standard InChI is InChI=1S/C18H24N4O5/c1-4-10-19-16(25)20-14(23)11-22-15(24)18(5-2,21-17(22)26)12-6-8-13(27-3)9-7-12/h6-9H,4-5,10-11H2,1-3H3,(H,21,26)(H2,19,20,23,25)/t18-/m1/s1. The van der Waals surface area contributed by atoms with E-state index in [1.807, 2.05) is 6.92 Å². The molecule has 3 N–H and O–H groups in total. The van der Waals surface area contributed by atoms with Gasteiger partial charge in [-0.3, -0.25) is 19.8 Å². The van der Waals surface area contributed by atoms with Crippen LogP contribution in [0.2, 0.25) is 0 Å². The number of carbonyl (C=O) groups is 4. The number of ether oxygens (including phenoxy) is 1. The molecule has 146 valence electrons. The lowest BCUT2D eigenvalue weighted by Crippen LogP contribution is -2.47. The molecular weight excluding hydrogens is 352 g/mol. The Labute approximate surface area is 157 Å². The Balaban J connectivity index is 2.14. The molecule has 0 saturated carbocycles. The first-order chi connectivity index (χ1) is 12.9. The van der Waals surface area contributed by atoms with Gasteiger partial charge in [-0.05, 0) is 30.5 Å². The number of nitrogens with zero attached hydrogens (tertiary/aromatic N) is 1. The van der Waals surface area contributed by atoms with Gasteiger partial charge >= 0.3 is 12.1 Å². The average molecular weight is 376 g/mol. The van der Waals surface area contributed by atoms with Crippen LogP contribution < -0.4 is 20.7 Å². The van der Waals surface area contributed by atoms with Crippen molar-refractivity contribution in [2.75, 3.05) is 20.2 Å². The molecule has 1 fully saturated rings. The highest BCUT2D eigenvalue weighted by molar-refractivity contribution is 6.10. The Bertz CT molecular complexity index is 734. The van der Waals surface area contributed by atoms with Crippen molar-refractivity contribution in [3.05, 3.63) is 29.8 Å². The van der Waals surface area contributed by atoms with E-state index in [2.05, 4.69) is 16.0 Å². The highest BCUT2D eigenvalue weighted by Crippen LogP contribution is 2.33. The summed E-state index contributed by atoms with van der Waals surface area (Å²) >= 11 is 0. The van der Waals surface area contributed by atoms with Gasteiger partial charge in [0.05, 0.1) is 7.11 Å². The predicted molar refractivity (Wildman–Crippen MR) is 97.0 cm³/mol. The lowest BCUT2D eigenvalue weighted by molar-refractivity contribution is -0.135. The van der Waals surface area contributed by atoms with Crippen molar-refractivity contribution in [3.8, 4) is 5.75 Å². The third-order valence-corrected chi connectivity index (χ3v) is 4.38. The highest BCUT2D eigenvalue weighted by atomic mass is 16.5. The lowest BCUT2D eigenvalue weighted by atomic mass is 9.87. The molecule has 0 aliphatic carbocycles. The second-order valence-corrected chi connectivity index (χ2v) is 6.11. The number of urea groups is 2. The molecule has 27 heavy (non-hydrogen) atoms. The van der Waals surface area contributed by atoms with E-state index in [9.17, 15) is 19.2 Å². The zero-order valence-corrected chi connectivity index (χ0v) is 15.6. The van der Waals surface area contributed by atoms with E-state index in [-0.39, 0.29) is 0 Å². The Morgan fingerprint density at radius 3 is 2.41 bits per heavy atom. The SMILES string of the molecule is CCCNC(=O)NC(=O)CN1C(=O)N[C@](CC)(c2ccc(OC)cc2)C1=O.